The minimum atomic E-state index is -3.14. The van der Waals surface area contributed by atoms with Crippen molar-refractivity contribution < 1.29 is 17.9 Å². The molecule has 3 N–H and O–H groups in total. The molecule has 0 aliphatic heterocycles. The highest BCUT2D eigenvalue weighted by atomic mass is 35.5. The van der Waals surface area contributed by atoms with Gasteiger partial charge in [0.05, 0.1) is 11.8 Å². The number of amides is 1. The highest BCUT2D eigenvalue weighted by Gasteiger charge is 2.16. The van der Waals surface area contributed by atoms with Gasteiger partial charge < -0.3 is 15.8 Å². The van der Waals surface area contributed by atoms with Crippen molar-refractivity contribution in [2.24, 2.45) is 5.73 Å². The molecule has 1 amide bonds. The summed E-state index contributed by atoms with van der Waals surface area (Å²) in [6, 6.07) is 13.7. The van der Waals surface area contributed by atoms with Crippen molar-refractivity contribution in [3.8, 4) is 11.5 Å². The zero-order chi connectivity index (χ0) is 18.4. The van der Waals surface area contributed by atoms with Crippen LogP contribution in [-0.4, -0.2) is 32.4 Å². The number of ether oxygens (including phenoxy) is 1. The molecule has 26 heavy (non-hydrogen) atoms. The first-order valence-electron chi connectivity index (χ1n) is 7.82. The normalized spacial score (nSPS) is 12.0. The fourth-order valence-corrected chi connectivity index (χ4v) is 2.81. The van der Waals surface area contributed by atoms with Gasteiger partial charge in [0.2, 0.25) is 5.91 Å². The molecule has 0 saturated carbocycles. The van der Waals surface area contributed by atoms with Crippen LogP contribution in [0.3, 0.4) is 0 Å². The van der Waals surface area contributed by atoms with Crippen LogP contribution < -0.4 is 15.8 Å². The first-order chi connectivity index (χ1) is 11.7. The van der Waals surface area contributed by atoms with Crippen molar-refractivity contribution in [3.63, 3.8) is 0 Å². The van der Waals surface area contributed by atoms with Crippen molar-refractivity contribution in [1.29, 1.82) is 0 Å². The Morgan fingerprint density at radius 3 is 2.38 bits per heavy atom. The number of nitrogens with one attached hydrogen (secondary N) is 1. The van der Waals surface area contributed by atoms with Gasteiger partial charge in [0, 0.05) is 11.9 Å². The molecular weight excluding hydrogens is 376 g/mol. The van der Waals surface area contributed by atoms with Gasteiger partial charge in [0.1, 0.15) is 21.3 Å². The summed E-state index contributed by atoms with van der Waals surface area (Å²) in [6.07, 6.45) is 1.20. The number of carbonyl (C=O) groups excluding carboxylic acids is 1. The summed E-state index contributed by atoms with van der Waals surface area (Å²) < 4.78 is 28.0. The van der Waals surface area contributed by atoms with Crippen molar-refractivity contribution in [2.45, 2.75) is 19.4 Å². The number of hydrogen-bond donors (Lipinski definition) is 2. The van der Waals surface area contributed by atoms with E-state index in [4.69, 9.17) is 10.5 Å². The summed E-state index contributed by atoms with van der Waals surface area (Å²) in [5.74, 6) is 0.839. The van der Waals surface area contributed by atoms with Gasteiger partial charge in [-0.2, -0.15) is 0 Å². The third kappa shape index (κ3) is 7.43. The Kier molecular flexibility index (Phi) is 8.08. The molecule has 1 atom stereocenters. The molecule has 6 nitrogen and oxygen atoms in total. The first kappa shape index (κ1) is 22.0. The molecule has 0 spiro atoms. The van der Waals surface area contributed by atoms with E-state index in [-0.39, 0.29) is 24.6 Å². The van der Waals surface area contributed by atoms with Crippen LogP contribution in [0.15, 0.2) is 48.5 Å². The molecular formula is C18H23ClN2O4S. The number of aryl methyl sites for hydroxylation is 1. The molecule has 2 aromatic rings. The maximum Gasteiger partial charge on any atom is 0.241 e. The molecule has 0 aliphatic rings. The molecule has 2 rings (SSSR count). The SMILES string of the molecule is Cc1cccc(Oc2ccc(NC(=O)C(N)CCS(C)(=O)=O)cc2)c1.Cl. The quantitative estimate of drug-likeness (QED) is 0.747. The number of hydrogen-bond acceptors (Lipinski definition) is 5. The fraction of sp³-hybridized carbons (Fsp3) is 0.278. The zero-order valence-electron chi connectivity index (χ0n) is 14.6. The third-order valence-electron chi connectivity index (χ3n) is 3.48. The monoisotopic (exact) mass is 398 g/mol. The Balaban J connectivity index is 0.00000338. The Morgan fingerprint density at radius 2 is 1.81 bits per heavy atom. The fourth-order valence-electron chi connectivity index (χ4n) is 2.13. The number of rotatable bonds is 7. The second-order valence-electron chi connectivity index (χ2n) is 5.96. The number of nitrogens with two attached hydrogens (primary N) is 1. The number of anilines is 1. The molecule has 0 aromatic heterocycles. The molecule has 2 aromatic carbocycles. The van der Waals surface area contributed by atoms with E-state index in [1.165, 1.54) is 0 Å². The molecule has 142 valence electrons. The standard InChI is InChI=1S/C18H22N2O4S.ClH/c1-13-4-3-5-16(12-13)24-15-8-6-14(7-9-15)20-18(21)17(19)10-11-25(2,22)23;/h3-9,12,17H,10-11,19H2,1-2H3,(H,20,21);1H. The lowest BCUT2D eigenvalue weighted by Gasteiger charge is -2.12. The van der Waals surface area contributed by atoms with Crippen LogP contribution in [0.25, 0.3) is 0 Å². The Labute approximate surface area is 160 Å². The summed E-state index contributed by atoms with van der Waals surface area (Å²) in [6.45, 7) is 1.98. The molecule has 8 heteroatoms. The molecule has 0 aliphatic carbocycles. The number of sulfone groups is 1. The molecule has 0 radical (unpaired) electrons. The average Bonchev–Trinajstić information content (AvgIpc) is 2.53. The molecule has 1 unspecified atom stereocenters. The van der Waals surface area contributed by atoms with Crippen LogP contribution in [-0.2, 0) is 14.6 Å². The van der Waals surface area contributed by atoms with Gasteiger partial charge in [0.25, 0.3) is 0 Å². The van der Waals surface area contributed by atoms with E-state index >= 15 is 0 Å². The number of benzene rings is 2. The van der Waals surface area contributed by atoms with Crippen molar-refractivity contribution >= 4 is 33.8 Å². The highest BCUT2D eigenvalue weighted by Crippen LogP contribution is 2.23. The van der Waals surface area contributed by atoms with E-state index in [0.29, 0.717) is 11.4 Å². The highest BCUT2D eigenvalue weighted by molar-refractivity contribution is 7.90. The van der Waals surface area contributed by atoms with Gasteiger partial charge in [-0.05, 0) is 55.3 Å². The molecule has 0 heterocycles. The minimum Gasteiger partial charge on any atom is -0.457 e. The van der Waals surface area contributed by atoms with E-state index in [1.54, 1.807) is 24.3 Å². The van der Waals surface area contributed by atoms with Crippen LogP contribution in [0, 0.1) is 6.92 Å². The summed E-state index contributed by atoms with van der Waals surface area (Å²) in [5.41, 5.74) is 7.38. The summed E-state index contributed by atoms with van der Waals surface area (Å²) >= 11 is 0. The van der Waals surface area contributed by atoms with Crippen LogP contribution in [0.2, 0.25) is 0 Å². The van der Waals surface area contributed by atoms with Crippen LogP contribution >= 0.6 is 12.4 Å². The van der Waals surface area contributed by atoms with E-state index in [2.05, 4.69) is 5.32 Å². The topological polar surface area (TPSA) is 98.5 Å². The van der Waals surface area contributed by atoms with Crippen LogP contribution in [0.1, 0.15) is 12.0 Å². The largest absolute Gasteiger partial charge is 0.457 e. The average molecular weight is 399 g/mol. The predicted molar refractivity (Wildman–Crippen MR) is 106 cm³/mol. The number of halogens is 1. The Morgan fingerprint density at radius 1 is 1.15 bits per heavy atom. The third-order valence-corrected chi connectivity index (χ3v) is 4.46. The van der Waals surface area contributed by atoms with E-state index in [9.17, 15) is 13.2 Å². The second kappa shape index (κ2) is 9.56. The molecule has 0 saturated heterocycles. The van der Waals surface area contributed by atoms with Gasteiger partial charge in [-0.25, -0.2) is 8.42 Å². The summed E-state index contributed by atoms with van der Waals surface area (Å²) in [7, 11) is -3.14. The molecule has 0 fully saturated rings. The van der Waals surface area contributed by atoms with Crippen LogP contribution in [0.4, 0.5) is 5.69 Å². The summed E-state index contributed by atoms with van der Waals surface area (Å²) in [5, 5.41) is 2.66. The lowest BCUT2D eigenvalue weighted by Crippen LogP contribution is -2.37. The van der Waals surface area contributed by atoms with E-state index in [1.807, 2.05) is 31.2 Å². The van der Waals surface area contributed by atoms with E-state index < -0.39 is 21.8 Å². The van der Waals surface area contributed by atoms with Crippen molar-refractivity contribution in [3.05, 3.63) is 54.1 Å². The van der Waals surface area contributed by atoms with Gasteiger partial charge >= 0.3 is 0 Å². The van der Waals surface area contributed by atoms with Gasteiger partial charge in [-0.15, -0.1) is 12.4 Å². The Bertz CT molecular complexity index is 839. The van der Waals surface area contributed by atoms with Gasteiger partial charge in [0.15, 0.2) is 0 Å². The Hall–Kier alpha value is -2.09. The van der Waals surface area contributed by atoms with Crippen molar-refractivity contribution in [2.75, 3.05) is 17.3 Å². The summed E-state index contributed by atoms with van der Waals surface area (Å²) in [4.78, 5) is 12.0. The van der Waals surface area contributed by atoms with Gasteiger partial charge in [-0.1, -0.05) is 12.1 Å². The molecule has 0 bridgehead atoms. The van der Waals surface area contributed by atoms with Crippen LogP contribution in [0.5, 0.6) is 11.5 Å². The predicted octanol–water partition coefficient (Wildman–Crippen LogP) is 2.91. The maximum atomic E-state index is 12.0. The lowest BCUT2D eigenvalue weighted by atomic mass is 10.2. The smallest absolute Gasteiger partial charge is 0.241 e. The second-order valence-corrected chi connectivity index (χ2v) is 8.22. The zero-order valence-corrected chi connectivity index (χ0v) is 16.3. The number of carbonyl (C=O) groups is 1. The first-order valence-corrected chi connectivity index (χ1v) is 9.88. The van der Waals surface area contributed by atoms with E-state index in [0.717, 1.165) is 17.6 Å². The van der Waals surface area contributed by atoms with Gasteiger partial charge in [-0.3, -0.25) is 4.79 Å². The minimum absolute atomic E-state index is 0. The maximum absolute atomic E-state index is 12.0. The van der Waals surface area contributed by atoms with Crippen molar-refractivity contribution in [1.82, 2.24) is 0 Å². The lowest BCUT2D eigenvalue weighted by molar-refractivity contribution is -0.117.